The maximum absolute atomic E-state index is 12.1. The third-order valence-corrected chi connectivity index (χ3v) is 13.8. The fourth-order valence-electron chi connectivity index (χ4n) is 11.9. The number of esters is 1. The molecule has 1 unspecified atom stereocenters. The largest absolute Gasteiger partial charge is 0.459 e. The smallest absolute Gasteiger partial charge is 0.330 e. The van der Waals surface area contributed by atoms with Crippen molar-refractivity contribution in [3.05, 3.63) is 24.8 Å². The summed E-state index contributed by atoms with van der Waals surface area (Å²) in [4.78, 5) is 12.1. The average molecular weight is 481 g/mol. The molecule has 35 heavy (non-hydrogen) atoms. The first-order valence-corrected chi connectivity index (χ1v) is 14.7. The van der Waals surface area contributed by atoms with Crippen molar-refractivity contribution in [1.82, 2.24) is 0 Å². The molecule has 0 aliphatic heterocycles. The third-order valence-electron chi connectivity index (χ3n) is 13.8. The number of carbonyl (C=O) groups is 1. The molecule has 0 aromatic rings. The van der Waals surface area contributed by atoms with Crippen LogP contribution in [0.2, 0.25) is 0 Å². The predicted octanol–water partition coefficient (Wildman–Crippen LogP) is 8.76. The fourth-order valence-corrected chi connectivity index (χ4v) is 11.9. The number of rotatable bonds is 3. The number of fused-ring (bicyclic) bond motifs is 7. The highest BCUT2D eigenvalue weighted by atomic mass is 16.5. The zero-order valence-electron chi connectivity index (χ0n) is 23.8. The van der Waals surface area contributed by atoms with Crippen molar-refractivity contribution in [3.63, 3.8) is 0 Å². The molecule has 0 heterocycles. The average Bonchev–Trinajstić information content (AvgIpc) is 3.14. The van der Waals surface area contributed by atoms with Crippen LogP contribution >= 0.6 is 0 Å². The summed E-state index contributed by atoms with van der Waals surface area (Å²) >= 11 is 0. The normalized spacial score (nSPS) is 52.3. The number of hydrogen-bond donors (Lipinski definition) is 0. The first-order chi connectivity index (χ1) is 16.2. The molecule has 5 aliphatic rings. The Kier molecular flexibility index (Phi) is 5.83. The van der Waals surface area contributed by atoms with Gasteiger partial charge in [0.15, 0.2) is 0 Å². The van der Waals surface area contributed by atoms with E-state index in [4.69, 9.17) is 4.74 Å². The van der Waals surface area contributed by atoms with Gasteiger partial charge in [0, 0.05) is 11.5 Å². The fraction of sp³-hybridized carbons (Fsp3) is 0.848. The molecule has 196 valence electrons. The van der Waals surface area contributed by atoms with Gasteiger partial charge in [-0.15, -0.1) is 0 Å². The zero-order chi connectivity index (χ0) is 25.6. The van der Waals surface area contributed by atoms with E-state index in [-0.39, 0.29) is 17.5 Å². The highest BCUT2D eigenvalue weighted by Gasteiger charge is 2.70. The van der Waals surface area contributed by atoms with Crippen molar-refractivity contribution in [2.24, 2.45) is 56.7 Å². The molecule has 0 N–H and O–H groups in total. The zero-order valence-corrected chi connectivity index (χ0v) is 23.8. The van der Waals surface area contributed by atoms with E-state index in [1.807, 2.05) is 0 Å². The van der Waals surface area contributed by atoms with E-state index >= 15 is 0 Å². The molecule has 0 amide bonds. The SMILES string of the molecule is C=CC(=O)OC1CC[C@]2(C)[C@H]3CC[C@@H]4[C@H]5[C@H](C(=C)C)CC[C@]5(C)CC[C@@]4(C)[C@]3(C)CC[C@H]2C1(C)C. The van der Waals surface area contributed by atoms with Gasteiger partial charge < -0.3 is 4.74 Å². The first kappa shape index (κ1) is 25.6. The molecule has 0 bridgehead atoms. The summed E-state index contributed by atoms with van der Waals surface area (Å²) < 4.78 is 5.94. The Hall–Kier alpha value is -1.05. The van der Waals surface area contributed by atoms with Crippen molar-refractivity contribution in [3.8, 4) is 0 Å². The summed E-state index contributed by atoms with van der Waals surface area (Å²) in [6.45, 7) is 25.9. The molecule has 10 atom stereocenters. The summed E-state index contributed by atoms with van der Waals surface area (Å²) in [7, 11) is 0. The van der Waals surface area contributed by atoms with Crippen LogP contribution in [0.4, 0.5) is 0 Å². The Bertz CT molecular complexity index is 916. The van der Waals surface area contributed by atoms with Crippen LogP contribution in [0.25, 0.3) is 0 Å². The molecule has 5 aliphatic carbocycles. The van der Waals surface area contributed by atoms with Gasteiger partial charge in [0.2, 0.25) is 0 Å². The molecule has 0 aromatic carbocycles. The second kappa shape index (κ2) is 7.97. The van der Waals surface area contributed by atoms with Crippen LogP contribution < -0.4 is 0 Å². The topological polar surface area (TPSA) is 26.3 Å². The third kappa shape index (κ3) is 3.29. The van der Waals surface area contributed by atoms with E-state index in [1.165, 1.54) is 69.4 Å². The van der Waals surface area contributed by atoms with Crippen molar-refractivity contribution >= 4 is 5.97 Å². The number of carbonyl (C=O) groups excluding carboxylic acids is 1. The van der Waals surface area contributed by atoms with Gasteiger partial charge in [-0.05, 0) is 122 Å². The molecule has 2 nitrogen and oxygen atoms in total. The highest BCUT2D eigenvalue weighted by Crippen LogP contribution is 2.77. The van der Waals surface area contributed by atoms with Crippen LogP contribution in [0.3, 0.4) is 0 Å². The van der Waals surface area contributed by atoms with Gasteiger partial charge in [0.25, 0.3) is 0 Å². The van der Waals surface area contributed by atoms with Crippen molar-refractivity contribution < 1.29 is 9.53 Å². The van der Waals surface area contributed by atoms with E-state index < -0.39 is 0 Å². The lowest BCUT2D eigenvalue weighted by molar-refractivity contribution is -0.248. The van der Waals surface area contributed by atoms with Gasteiger partial charge in [0.1, 0.15) is 6.10 Å². The van der Waals surface area contributed by atoms with E-state index in [0.29, 0.717) is 27.6 Å². The lowest BCUT2D eigenvalue weighted by Crippen LogP contribution is -2.66. The minimum Gasteiger partial charge on any atom is -0.459 e. The first-order valence-electron chi connectivity index (χ1n) is 14.7. The van der Waals surface area contributed by atoms with E-state index in [2.05, 4.69) is 61.6 Å². The van der Waals surface area contributed by atoms with Crippen molar-refractivity contribution in [1.29, 1.82) is 0 Å². The second-order valence-electron chi connectivity index (χ2n) is 15.3. The molecule has 5 fully saturated rings. The van der Waals surface area contributed by atoms with Crippen LogP contribution in [0.5, 0.6) is 0 Å². The summed E-state index contributed by atoms with van der Waals surface area (Å²) in [5.74, 6) is 3.50. The number of ether oxygens (including phenoxy) is 1. The minimum atomic E-state index is -0.255. The Morgan fingerprint density at radius 3 is 2.20 bits per heavy atom. The summed E-state index contributed by atoms with van der Waals surface area (Å²) in [5, 5.41) is 0. The molecular weight excluding hydrogens is 428 g/mol. The van der Waals surface area contributed by atoms with Crippen LogP contribution in [-0.2, 0) is 9.53 Å². The Morgan fingerprint density at radius 1 is 0.829 bits per heavy atom. The van der Waals surface area contributed by atoms with Gasteiger partial charge in [-0.3, -0.25) is 0 Å². The van der Waals surface area contributed by atoms with Gasteiger partial charge in [-0.25, -0.2) is 4.79 Å². The summed E-state index contributed by atoms with van der Waals surface area (Å²) in [6, 6.07) is 0. The minimum absolute atomic E-state index is 0.00634. The Balaban J connectivity index is 1.48. The number of allylic oxidation sites excluding steroid dienone is 1. The highest BCUT2D eigenvalue weighted by molar-refractivity contribution is 5.81. The second-order valence-corrected chi connectivity index (χ2v) is 15.3. The monoisotopic (exact) mass is 480 g/mol. The lowest BCUT2D eigenvalue weighted by atomic mass is 9.32. The van der Waals surface area contributed by atoms with Gasteiger partial charge in [-0.1, -0.05) is 60.3 Å². The van der Waals surface area contributed by atoms with E-state index in [9.17, 15) is 4.79 Å². The molecule has 5 saturated carbocycles. The van der Waals surface area contributed by atoms with E-state index in [0.717, 1.165) is 30.1 Å². The molecule has 0 spiro atoms. The van der Waals surface area contributed by atoms with Gasteiger partial charge in [0.05, 0.1) is 0 Å². The quantitative estimate of drug-likeness (QED) is 0.229. The van der Waals surface area contributed by atoms with Crippen LogP contribution in [0, 0.1) is 56.7 Å². The standard InChI is InChI=1S/C33H52O2/c1-10-27(34)35-26-15-17-31(7)24(29(26,4)5)14-18-33(9)25(31)12-11-23-28-22(21(2)3)13-16-30(28,6)19-20-32(23,33)8/h10,22-26,28H,1-2,11-20H2,3-9H3/t22-,23+,24-,25+,26?,28+,30+,31-,32+,33+/m0/s1. The van der Waals surface area contributed by atoms with Crippen LogP contribution in [0.15, 0.2) is 24.8 Å². The summed E-state index contributed by atoms with van der Waals surface area (Å²) in [6.07, 6.45) is 14.5. The van der Waals surface area contributed by atoms with E-state index in [1.54, 1.807) is 0 Å². The maximum atomic E-state index is 12.1. The molecule has 5 rings (SSSR count). The Morgan fingerprint density at radius 2 is 1.54 bits per heavy atom. The van der Waals surface area contributed by atoms with Crippen LogP contribution in [-0.4, -0.2) is 12.1 Å². The van der Waals surface area contributed by atoms with Crippen LogP contribution in [0.1, 0.15) is 113 Å². The maximum Gasteiger partial charge on any atom is 0.330 e. The summed E-state index contributed by atoms with van der Waals surface area (Å²) in [5.41, 5.74) is 3.11. The van der Waals surface area contributed by atoms with Gasteiger partial charge in [-0.2, -0.15) is 0 Å². The molecule has 0 saturated heterocycles. The van der Waals surface area contributed by atoms with Crippen molar-refractivity contribution in [2.75, 3.05) is 0 Å². The Labute approximate surface area is 215 Å². The van der Waals surface area contributed by atoms with Gasteiger partial charge >= 0.3 is 5.97 Å². The molecule has 0 radical (unpaired) electrons. The van der Waals surface area contributed by atoms with Crippen molar-refractivity contribution in [2.45, 2.75) is 119 Å². The molecule has 2 heteroatoms. The molecular formula is C33H52O2. The number of hydrogen-bond acceptors (Lipinski definition) is 2. The lowest BCUT2D eigenvalue weighted by Gasteiger charge is -2.73. The molecule has 0 aromatic heterocycles. The predicted molar refractivity (Wildman–Crippen MR) is 145 cm³/mol.